The van der Waals surface area contributed by atoms with E-state index >= 15 is 0 Å². The highest BCUT2D eigenvalue weighted by Gasteiger charge is 2.33. The van der Waals surface area contributed by atoms with Crippen molar-refractivity contribution in [3.8, 4) is 0 Å². The van der Waals surface area contributed by atoms with Gasteiger partial charge in [-0.1, -0.05) is 5.16 Å². The Bertz CT molecular complexity index is 474. The number of nitrogens with one attached hydrogen (secondary N) is 1. The molecule has 4 N–H and O–H groups in total. The van der Waals surface area contributed by atoms with E-state index < -0.39 is 18.0 Å². The molecular formula is C10H15N5O4. The fourth-order valence-corrected chi connectivity index (χ4v) is 1.96. The number of nitrogens with zero attached hydrogens (tertiary/aromatic N) is 3. The van der Waals surface area contributed by atoms with Gasteiger partial charge in [0.25, 0.3) is 0 Å². The summed E-state index contributed by atoms with van der Waals surface area (Å²) in [6.45, 7) is 0.639. The molecule has 2 rings (SSSR count). The highest BCUT2D eigenvalue weighted by Crippen LogP contribution is 2.17. The van der Waals surface area contributed by atoms with Crippen LogP contribution in [0.25, 0.3) is 0 Å². The molecule has 1 atom stereocenters. The SMILES string of the molecule is NCc1noc(CNC(=O)N2CCCC2C(=O)O)n1. The van der Waals surface area contributed by atoms with Gasteiger partial charge < -0.3 is 25.6 Å². The largest absolute Gasteiger partial charge is 0.480 e. The summed E-state index contributed by atoms with van der Waals surface area (Å²) < 4.78 is 4.85. The van der Waals surface area contributed by atoms with E-state index in [1.54, 1.807) is 0 Å². The molecule has 1 aromatic rings. The van der Waals surface area contributed by atoms with Gasteiger partial charge in [-0.15, -0.1) is 0 Å². The number of aliphatic carboxylic acids is 1. The summed E-state index contributed by atoms with van der Waals surface area (Å²) in [4.78, 5) is 28.0. The van der Waals surface area contributed by atoms with Gasteiger partial charge in [-0.3, -0.25) is 0 Å². The minimum atomic E-state index is -0.990. The third-order valence-corrected chi connectivity index (χ3v) is 2.88. The molecule has 0 aliphatic carbocycles. The van der Waals surface area contributed by atoms with Crippen LogP contribution in [-0.2, 0) is 17.9 Å². The number of aromatic nitrogens is 2. The average molecular weight is 269 g/mol. The number of hydrogen-bond acceptors (Lipinski definition) is 6. The van der Waals surface area contributed by atoms with E-state index in [1.165, 1.54) is 4.90 Å². The second-order valence-electron chi connectivity index (χ2n) is 4.16. The van der Waals surface area contributed by atoms with Gasteiger partial charge in [-0.05, 0) is 12.8 Å². The van der Waals surface area contributed by atoms with Crippen molar-refractivity contribution in [2.24, 2.45) is 5.73 Å². The maximum absolute atomic E-state index is 11.8. The Hall–Kier alpha value is -2.16. The van der Waals surface area contributed by atoms with Gasteiger partial charge in [-0.2, -0.15) is 4.98 Å². The third-order valence-electron chi connectivity index (χ3n) is 2.88. The Labute approximate surface area is 108 Å². The molecule has 9 nitrogen and oxygen atoms in total. The van der Waals surface area contributed by atoms with E-state index in [-0.39, 0.29) is 19.0 Å². The molecule has 0 bridgehead atoms. The number of hydrogen-bond donors (Lipinski definition) is 3. The minimum absolute atomic E-state index is 0.0503. The number of carbonyl (C=O) groups excluding carboxylic acids is 1. The molecule has 1 aliphatic rings. The topological polar surface area (TPSA) is 135 Å². The van der Waals surface area contributed by atoms with E-state index in [0.29, 0.717) is 25.2 Å². The molecule has 1 fully saturated rings. The van der Waals surface area contributed by atoms with Crippen molar-refractivity contribution in [1.29, 1.82) is 0 Å². The predicted molar refractivity (Wildman–Crippen MR) is 61.8 cm³/mol. The van der Waals surface area contributed by atoms with Gasteiger partial charge in [0.15, 0.2) is 5.82 Å². The Morgan fingerprint density at radius 2 is 2.37 bits per heavy atom. The lowest BCUT2D eigenvalue weighted by atomic mass is 10.2. The van der Waals surface area contributed by atoms with E-state index in [9.17, 15) is 9.59 Å². The summed E-state index contributed by atoms with van der Waals surface area (Å²) in [5, 5.41) is 15.1. The van der Waals surface area contributed by atoms with Gasteiger partial charge in [-0.25, -0.2) is 9.59 Å². The molecule has 2 heterocycles. The Kier molecular flexibility index (Phi) is 3.95. The van der Waals surface area contributed by atoms with Gasteiger partial charge >= 0.3 is 12.0 Å². The first-order valence-electron chi connectivity index (χ1n) is 5.90. The molecule has 1 saturated heterocycles. The average Bonchev–Trinajstić information content (AvgIpc) is 3.04. The quantitative estimate of drug-likeness (QED) is 0.656. The monoisotopic (exact) mass is 269 g/mol. The van der Waals surface area contributed by atoms with Crippen molar-refractivity contribution >= 4 is 12.0 Å². The summed E-state index contributed by atoms with van der Waals surface area (Å²) in [5.74, 6) is -0.399. The number of likely N-dealkylation sites (tertiary alicyclic amines) is 1. The normalized spacial score (nSPS) is 18.6. The zero-order chi connectivity index (χ0) is 13.8. The number of carboxylic acids is 1. The molecular weight excluding hydrogens is 254 g/mol. The van der Waals surface area contributed by atoms with Crippen LogP contribution in [0.5, 0.6) is 0 Å². The number of nitrogens with two attached hydrogens (primary N) is 1. The standard InChI is InChI=1S/C10H15N5O4/c11-4-7-13-8(19-14-7)5-12-10(18)15-3-1-2-6(15)9(16)17/h6H,1-5,11H2,(H,12,18)(H,16,17). The lowest BCUT2D eigenvalue weighted by Crippen LogP contribution is -2.45. The van der Waals surface area contributed by atoms with Gasteiger partial charge in [0.2, 0.25) is 5.89 Å². The van der Waals surface area contributed by atoms with Gasteiger partial charge in [0, 0.05) is 6.54 Å². The van der Waals surface area contributed by atoms with Crippen LogP contribution in [0.2, 0.25) is 0 Å². The van der Waals surface area contributed by atoms with E-state index in [4.69, 9.17) is 15.4 Å². The van der Waals surface area contributed by atoms with Crippen LogP contribution in [-0.4, -0.2) is 44.7 Å². The van der Waals surface area contributed by atoms with Crippen molar-refractivity contribution in [2.75, 3.05) is 6.54 Å². The van der Waals surface area contributed by atoms with Crippen LogP contribution in [0.15, 0.2) is 4.52 Å². The number of carboxylic acid groups (broad SMARTS) is 1. The highest BCUT2D eigenvalue weighted by molar-refractivity contribution is 5.83. The lowest BCUT2D eigenvalue weighted by Gasteiger charge is -2.21. The number of urea groups is 1. The van der Waals surface area contributed by atoms with Crippen LogP contribution < -0.4 is 11.1 Å². The second-order valence-corrected chi connectivity index (χ2v) is 4.16. The van der Waals surface area contributed by atoms with E-state index in [1.807, 2.05) is 0 Å². The molecule has 1 aliphatic heterocycles. The highest BCUT2D eigenvalue weighted by atomic mass is 16.5. The zero-order valence-corrected chi connectivity index (χ0v) is 10.2. The molecule has 0 spiro atoms. The molecule has 0 saturated carbocycles. The number of amides is 2. The van der Waals surface area contributed by atoms with Gasteiger partial charge in [0.05, 0.1) is 13.1 Å². The molecule has 0 aromatic carbocycles. The fourth-order valence-electron chi connectivity index (χ4n) is 1.96. The molecule has 0 radical (unpaired) electrons. The van der Waals surface area contributed by atoms with Crippen molar-refractivity contribution in [2.45, 2.75) is 32.0 Å². The zero-order valence-electron chi connectivity index (χ0n) is 10.2. The summed E-state index contributed by atoms with van der Waals surface area (Å²) >= 11 is 0. The summed E-state index contributed by atoms with van der Waals surface area (Å²) in [7, 11) is 0. The first-order valence-corrected chi connectivity index (χ1v) is 5.90. The van der Waals surface area contributed by atoms with Crippen LogP contribution >= 0.6 is 0 Å². The van der Waals surface area contributed by atoms with Crippen molar-refractivity contribution in [1.82, 2.24) is 20.4 Å². The molecule has 2 amide bonds. The first-order chi connectivity index (χ1) is 9.11. The fraction of sp³-hybridized carbons (Fsp3) is 0.600. The van der Waals surface area contributed by atoms with Crippen LogP contribution in [0.1, 0.15) is 24.6 Å². The van der Waals surface area contributed by atoms with Crippen molar-refractivity contribution in [3.63, 3.8) is 0 Å². The summed E-state index contributed by atoms with van der Waals surface area (Å²) in [5.41, 5.74) is 5.32. The van der Waals surface area contributed by atoms with Crippen molar-refractivity contribution in [3.05, 3.63) is 11.7 Å². The maximum atomic E-state index is 11.8. The predicted octanol–water partition coefficient (Wildman–Crippen LogP) is -0.713. The van der Waals surface area contributed by atoms with Crippen LogP contribution in [0.4, 0.5) is 4.79 Å². The maximum Gasteiger partial charge on any atom is 0.326 e. The first kappa shape index (κ1) is 13.3. The Balaban J connectivity index is 1.88. The minimum Gasteiger partial charge on any atom is -0.480 e. The second kappa shape index (κ2) is 5.65. The number of carbonyl (C=O) groups is 2. The van der Waals surface area contributed by atoms with E-state index in [0.717, 1.165) is 0 Å². The molecule has 19 heavy (non-hydrogen) atoms. The molecule has 1 unspecified atom stereocenters. The lowest BCUT2D eigenvalue weighted by molar-refractivity contribution is -0.141. The van der Waals surface area contributed by atoms with E-state index in [2.05, 4.69) is 15.5 Å². The molecule has 9 heteroatoms. The molecule has 1 aromatic heterocycles. The molecule has 104 valence electrons. The third kappa shape index (κ3) is 2.99. The Morgan fingerprint density at radius 3 is 3.00 bits per heavy atom. The van der Waals surface area contributed by atoms with Crippen LogP contribution in [0.3, 0.4) is 0 Å². The number of rotatable bonds is 4. The van der Waals surface area contributed by atoms with Crippen molar-refractivity contribution < 1.29 is 19.2 Å². The summed E-state index contributed by atoms with van der Waals surface area (Å²) in [6, 6.07) is -1.21. The van der Waals surface area contributed by atoms with Crippen LogP contribution in [0, 0.1) is 0 Å². The Morgan fingerprint density at radius 1 is 1.58 bits per heavy atom. The smallest absolute Gasteiger partial charge is 0.326 e. The summed E-state index contributed by atoms with van der Waals surface area (Å²) in [6.07, 6.45) is 1.16. The van der Waals surface area contributed by atoms with Gasteiger partial charge in [0.1, 0.15) is 6.04 Å².